The van der Waals surface area contributed by atoms with Gasteiger partial charge < -0.3 is 15.1 Å². The minimum absolute atomic E-state index is 0.0329. The molecule has 2 heterocycles. The smallest absolute Gasteiger partial charge is 0.257 e. The third-order valence-corrected chi connectivity index (χ3v) is 3.48. The first kappa shape index (κ1) is 15.3. The van der Waals surface area contributed by atoms with E-state index in [4.69, 9.17) is 0 Å². The van der Waals surface area contributed by atoms with Gasteiger partial charge in [-0.3, -0.25) is 9.59 Å². The molecule has 0 atom stereocenters. The summed E-state index contributed by atoms with van der Waals surface area (Å²) >= 11 is 0. The van der Waals surface area contributed by atoms with Gasteiger partial charge in [-0.15, -0.1) is 0 Å². The van der Waals surface area contributed by atoms with Crippen LogP contribution in [0.15, 0.2) is 18.3 Å². The molecule has 0 spiro atoms. The number of carbonyl (C=O) groups is 2. The van der Waals surface area contributed by atoms with E-state index in [1.807, 2.05) is 13.8 Å². The Kier molecular flexibility index (Phi) is 4.77. The molecule has 0 aromatic carbocycles. The minimum Gasteiger partial charge on any atom is -0.367 e. The number of carbonyl (C=O) groups excluding carboxylic acids is 2. The van der Waals surface area contributed by atoms with Crippen molar-refractivity contribution in [1.29, 1.82) is 0 Å². The SMILES string of the molecule is CC(=O)N1CCN(C(=O)c2cccnc2NC(C)C)CC1. The summed E-state index contributed by atoms with van der Waals surface area (Å²) in [5, 5.41) is 3.20. The first-order chi connectivity index (χ1) is 9.99. The highest BCUT2D eigenvalue weighted by Crippen LogP contribution is 2.16. The Hall–Kier alpha value is -2.11. The summed E-state index contributed by atoms with van der Waals surface area (Å²) < 4.78 is 0. The normalized spacial score (nSPS) is 15.2. The molecule has 1 N–H and O–H groups in total. The number of hydrogen-bond acceptors (Lipinski definition) is 4. The van der Waals surface area contributed by atoms with Crippen molar-refractivity contribution >= 4 is 17.6 Å². The number of amides is 2. The summed E-state index contributed by atoms with van der Waals surface area (Å²) in [5.41, 5.74) is 0.586. The molecule has 1 aliphatic heterocycles. The molecule has 1 aliphatic rings. The molecule has 0 bridgehead atoms. The van der Waals surface area contributed by atoms with E-state index in [9.17, 15) is 9.59 Å². The highest BCUT2D eigenvalue weighted by Gasteiger charge is 2.25. The minimum atomic E-state index is -0.0329. The highest BCUT2D eigenvalue weighted by atomic mass is 16.2. The maximum atomic E-state index is 12.6. The van der Waals surface area contributed by atoms with Crippen molar-refractivity contribution in [3.05, 3.63) is 23.9 Å². The highest BCUT2D eigenvalue weighted by molar-refractivity contribution is 5.98. The standard InChI is InChI=1S/C15H22N4O2/c1-11(2)17-14-13(5-4-6-16-14)15(21)19-9-7-18(8-10-19)12(3)20/h4-6,11H,7-10H2,1-3H3,(H,16,17). The quantitative estimate of drug-likeness (QED) is 0.908. The molecule has 114 valence electrons. The lowest BCUT2D eigenvalue weighted by Gasteiger charge is -2.34. The molecule has 1 aromatic rings. The first-order valence-corrected chi connectivity index (χ1v) is 7.25. The Bertz CT molecular complexity index is 522. The molecule has 2 rings (SSSR count). The van der Waals surface area contributed by atoms with E-state index in [0.717, 1.165) is 0 Å². The molecule has 0 aliphatic carbocycles. The average Bonchev–Trinajstić information content (AvgIpc) is 2.46. The topological polar surface area (TPSA) is 65.5 Å². The second kappa shape index (κ2) is 6.56. The molecule has 1 saturated heterocycles. The molecule has 0 unspecified atom stereocenters. The van der Waals surface area contributed by atoms with Crippen LogP contribution in [0.5, 0.6) is 0 Å². The molecule has 2 amide bonds. The van der Waals surface area contributed by atoms with E-state index in [1.165, 1.54) is 0 Å². The molecule has 0 radical (unpaired) electrons. The number of piperazine rings is 1. The summed E-state index contributed by atoms with van der Waals surface area (Å²) in [6.45, 7) is 7.89. The van der Waals surface area contributed by atoms with Crippen LogP contribution in [0.1, 0.15) is 31.1 Å². The summed E-state index contributed by atoms with van der Waals surface area (Å²) in [6.07, 6.45) is 1.68. The number of anilines is 1. The van der Waals surface area contributed by atoms with Gasteiger partial charge in [0.25, 0.3) is 5.91 Å². The van der Waals surface area contributed by atoms with Gasteiger partial charge in [0.15, 0.2) is 0 Å². The van der Waals surface area contributed by atoms with Crippen LogP contribution in [0.2, 0.25) is 0 Å². The van der Waals surface area contributed by atoms with Crippen LogP contribution in [-0.4, -0.2) is 58.8 Å². The number of rotatable bonds is 3. The van der Waals surface area contributed by atoms with Gasteiger partial charge in [0.1, 0.15) is 5.82 Å². The van der Waals surface area contributed by atoms with Crippen LogP contribution >= 0.6 is 0 Å². The largest absolute Gasteiger partial charge is 0.367 e. The van der Waals surface area contributed by atoms with E-state index in [0.29, 0.717) is 37.6 Å². The van der Waals surface area contributed by atoms with E-state index < -0.39 is 0 Å². The predicted octanol–water partition coefficient (Wildman–Crippen LogP) is 1.21. The molecular formula is C15H22N4O2. The summed E-state index contributed by atoms with van der Waals surface area (Å²) in [6, 6.07) is 3.77. The summed E-state index contributed by atoms with van der Waals surface area (Å²) in [7, 11) is 0. The van der Waals surface area contributed by atoms with Gasteiger partial charge in [0, 0.05) is 45.3 Å². The molecule has 0 saturated carbocycles. The van der Waals surface area contributed by atoms with Crippen LogP contribution < -0.4 is 5.32 Å². The fourth-order valence-electron chi connectivity index (χ4n) is 2.36. The van der Waals surface area contributed by atoms with Crippen LogP contribution in [0.25, 0.3) is 0 Å². The zero-order valence-corrected chi connectivity index (χ0v) is 12.8. The summed E-state index contributed by atoms with van der Waals surface area (Å²) in [5.74, 6) is 0.645. The van der Waals surface area contributed by atoms with Gasteiger partial charge in [-0.05, 0) is 26.0 Å². The second-order valence-electron chi connectivity index (χ2n) is 5.50. The number of aromatic nitrogens is 1. The molecular weight excluding hydrogens is 268 g/mol. The lowest BCUT2D eigenvalue weighted by Crippen LogP contribution is -2.50. The lowest BCUT2D eigenvalue weighted by molar-refractivity contribution is -0.130. The van der Waals surface area contributed by atoms with E-state index in [2.05, 4.69) is 10.3 Å². The molecule has 6 heteroatoms. The van der Waals surface area contributed by atoms with Gasteiger partial charge in [-0.1, -0.05) is 0 Å². The van der Waals surface area contributed by atoms with E-state index >= 15 is 0 Å². The van der Waals surface area contributed by atoms with Gasteiger partial charge in [-0.25, -0.2) is 4.98 Å². The Morgan fingerprint density at radius 3 is 2.38 bits per heavy atom. The molecule has 1 fully saturated rings. The monoisotopic (exact) mass is 290 g/mol. The molecule has 6 nitrogen and oxygen atoms in total. The number of nitrogens with one attached hydrogen (secondary N) is 1. The number of pyridine rings is 1. The van der Waals surface area contributed by atoms with Crippen LogP contribution in [0, 0.1) is 0 Å². The third kappa shape index (κ3) is 3.71. The van der Waals surface area contributed by atoms with Gasteiger partial charge in [0.2, 0.25) is 5.91 Å². The predicted molar refractivity (Wildman–Crippen MR) is 81.2 cm³/mol. The Morgan fingerprint density at radius 1 is 1.19 bits per heavy atom. The van der Waals surface area contributed by atoms with Gasteiger partial charge in [0.05, 0.1) is 5.56 Å². The summed E-state index contributed by atoms with van der Waals surface area (Å²) in [4.78, 5) is 31.7. The van der Waals surface area contributed by atoms with Crippen LogP contribution in [0.4, 0.5) is 5.82 Å². The Balaban J connectivity index is 2.09. The van der Waals surface area contributed by atoms with Crippen LogP contribution in [-0.2, 0) is 4.79 Å². The third-order valence-electron chi connectivity index (χ3n) is 3.48. The van der Waals surface area contributed by atoms with Crippen molar-refractivity contribution in [3.63, 3.8) is 0 Å². The fraction of sp³-hybridized carbons (Fsp3) is 0.533. The van der Waals surface area contributed by atoms with Crippen molar-refractivity contribution in [2.75, 3.05) is 31.5 Å². The van der Waals surface area contributed by atoms with Crippen molar-refractivity contribution < 1.29 is 9.59 Å². The zero-order chi connectivity index (χ0) is 15.4. The fourth-order valence-corrected chi connectivity index (χ4v) is 2.36. The lowest BCUT2D eigenvalue weighted by atomic mass is 10.2. The Labute approximate surface area is 125 Å². The zero-order valence-electron chi connectivity index (χ0n) is 12.8. The Morgan fingerprint density at radius 2 is 1.81 bits per heavy atom. The van der Waals surface area contributed by atoms with E-state index in [1.54, 1.807) is 35.1 Å². The number of nitrogens with zero attached hydrogens (tertiary/aromatic N) is 3. The van der Waals surface area contributed by atoms with Gasteiger partial charge in [-0.2, -0.15) is 0 Å². The van der Waals surface area contributed by atoms with Gasteiger partial charge >= 0.3 is 0 Å². The van der Waals surface area contributed by atoms with E-state index in [-0.39, 0.29) is 17.9 Å². The molecule has 1 aromatic heterocycles. The second-order valence-corrected chi connectivity index (χ2v) is 5.50. The molecule has 21 heavy (non-hydrogen) atoms. The van der Waals surface area contributed by atoms with Crippen molar-refractivity contribution in [2.45, 2.75) is 26.8 Å². The first-order valence-electron chi connectivity index (χ1n) is 7.25. The van der Waals surface area contributed by atoms with Crippen LogP contribution in [0.3, 0.4) is 0 Å². The maximum Gasteiger partial charge on any atom is 0.257 e. The van der Waals surface area contributed by atoms with Crippen molar-refractivity contribution in [1.82, 2.24) is 14.8 Å². The van der Waals surface area contributed by atoms with Crippen molar-refractivity contribution in [3.8, 4) is 0 Å². The average molecular weight is 290 g/mol. The van der Waals surface area contributed by atoms with Crippen molar-refractivity contribution in [2.24, 2.45) is 0 Å². The number of hydrogen-bond donors (Lipinski definition) is 1. The maximum absolute atomic E-state index is 12.6.